The molecule has 0 bridgehead atoms. The molecule has 7 nitrogen and oxygen atoms in total. The lowest BCUT2D eigenvalue weighted by molar-refractivity contribution is -0.384. The van der Waals surface area contributed by atoms with Gasteiger partial charge in [0.25, 0.3) is 10.9 Å². The Balaban J connectivity index is 1.44. The van der Waals surface area contributed by atoms with Crippen molar-refractivity contribution in [1.29, 1.82) is 0 Å². The molecule has 0 aliphatic carbocycles. The van der Waals surface area contributed by atoms with Crippen molar-refractivity contribution in [1.82, 2.24) is 15.2 Å². The van der Waals surface area contributed by atoms with Crippen LogP contribution in [-0.2, 0) is 5.75 Å². The second kappa shape index (κ2) is 7.36. The monoisotopic (exact) mass is 402 g/mol. The third-order valence-electron chi connectivity index (χ3n) is 3.37. The second-order valence-corrected chi connectivity index (χ2v) is 7.69. The Hall–Kier alpha value is -2.56. The van der Waals surface area contributed by atoms with Crippen molar-refractivity contribution in [3.05, 3.63) is 62.3 Å². The number of thiazole rings is 1. The van der Waals surface area contributed by atoms with Gasteiger partial charge in [-0.05, 0) is 17.5 Å². The summed E-state index contributed by atoms with van der Waals surface area (Å²) in [4.78, 5) is 15.0. The normalized spacial score (nSPS) is 10.9. The number of nitrogens with zero attached hydrogens (tertiary/aromatic N) is 4. The molecule has 0 atom stereocenters. The summed E-state index contributed by atoms with van der Waals surface area (Å²) in [6.07, 6.45) is 0. The van der Waals surface area contributed by atoms with Gasteiger partial charge in [-0.15, -0.1) is 21.5 Å². The third kappa shape index (κ3) is 3.66. The highest BCUT2D eigenvalue weighted by Gasteiger charge is 2.14. The average molecular weight is 402 g/mol. The fraction of sp³-hybridized carbons (Fsp3) is 0.0625. The van der Waals surface area contributed by atoms with Crippen LogP contribution in [0.5, 0.6) is 0 Å². The number of non-ortho nitro benzene ring substituents is 1. The SMILES string of the molecule is O=[N+]([O-])c1cccc(-c2nnc(SCc3csc(-c4ccsc4)n3)o2)c1. The zero-order valence-electron chi connectivity index (χ0n) is 13.1. The zero-order chi connectivity index (χ0) is 17.9. The van der Waals surface area contributed by atoms with E-state index in [1.54, 1.807) is 34.8 Å². The zero-order valence-corrected chi connectivity index (χ0v) is 15.5. The molecule has 1 aromatic carbocycles. The van der Waals surface area contributed by atoms with Crippen molar-refractivity contribution in [2.24, 2.45) is 0 Å². The van der Waals surface area contributed by atoms with E-state index in [0.29, 0.717) is 16.5 Å². The summed E-state index contributed by atoms with van der Waals surface area (Å²) in [5, 5.41) is 26.3. The van der Waals surface area contributed by atoms with Crippen molar-refractivity contribution >= 4 is 40.1 Å². The summed E-state index contributed by atoms with van der Waals surface area (Å²) in [5.41, 5.74) is 2.57. The van der Waals surface area contributed by atoms with Crippen LogP contribution in [-0.4, -0.2) is 20.1 Å². The third-order valence-corrected chi connectivity index (χ3v) is 5.85. The van der Waals surface area contributed by atoms with E-state index in [0.717, 1.165) is 16.3 Å². The number of nitro benzene ring substituents is 1. The lowest BCUT2D eigenvalue weighted by Gasteiger charge is -1.95. The first kappa shape index (κ1) is 16.9. The van der Waals surface area contributed by atoms with Crippen molar-refractivity contribution in [2.45, 2.75) is 11.0 Å². The Morgan fingerprint density at radius 2 is 2.12 bits per heavy atom. The minimum atomic E-state index is -0.456. The predicted octanol–water partition coefficient (Wildman–Crippen LogP) is 5.12. The molecule has 3 aromatic heterocycles. The summed E-state index contributed by atoms with van der Waals surface area (Å²) < 4.78 is 5.60. The minimum absolute atomic E-state index is 0.0154. The van der Waals surface area contributed by atoms with E-state index >= 15 is 0 Å². The van der Waals surface area contributed by atoms with Crippen LogP contribution in [0.4, 0.5) is 5.69 Å². The van der Waals surface area contributed by atoms with Crippen molar-refractivity contribution < 1.29 is 9.34 Å². The molecule has 0 spiro atoms. The molecule has 4 aromatic rings. The molecule has 0 saturated heterocycles. The van der Waals surface area contributed by atoms with Gasteiger partial charge in [-0.1, -0.05) is 17.8 Å². The summed E-state index contributed by atoms with van der Waals surface area (Å²) in [6.45, 7) is 0. The second-order valence-electron chi connectivity index (χ2n) is 5.13. The summed E-state index contributed by atoms with van der Waals surface area (Å²) in [5.74, 6) is 0.866. The molecule has 0 amide bonds. The predicted molar refractivity (Wildman–Crippen MR) is 101 cm³/mol. The van der Waals surface area contributed by atoms with Crippen molar-refractivity contribution in [3.8, 4) is 22.0 Å². The number of thiophene rings is 1. The van der Waals surface area contributed by atoms with Gasteiger partial charge in [0.15, 0.2) is 0 Å². The molecule has 3 heterocycles. The molecule has 0 unspecified atom stereocenters. The molecular weight excluding hydrogens is 392 g/mol. The molecule has 0 aliphatic heterocycles. The van der Waals surface area contributed by atoms with E-state index < -0.39 is 4.92 Å². The van der Waals surface area contributed by atoms with Crippen LogP contribution >= 0.6 is 34.4 Å². The first-order valence-corrected chi connectivity index (χ1v) is 10.2. The Morgan fingerprint density at radius 3 is 2.92 bits per heavy atom. The quantitative estimate of drug-likeness (QED) is 0.251. The van der Waals surface area contributed by atoms with Crippen LogP contribution in [0.15, 0.2) is 56.1 Å². The number of aromatic nitrogens is 3. The fourth-order valence-corrected chi connectivity index (χ4v) is 4.46. The van der Waals surface area contributed by atoms with Gasteiger partial charge in [0.2, 0.25) is 5.89 Å². The van der Waals surface area contributed by atoms with Gasteiger partial charge >= 0.3 is 0 Å². The van der Waals surface area contributed by atoms with Gasteiger partial charge < -0.3 is 4.42 Å². The van der Waals surface area contributed by atoms with E-state index in [-0.39, 0.29) is 11.6 Å². The smallest absolute Gasteiger partial charge is 0.277 e. The molecule has 26 heavy (non-hydrogen) atoms. The molecule has 0 saturated carbocycles. The maximum atomic E-state index is 10.9. The lowest BCUT2D eigenvalue weighted by atomic mass is 10.2. The van der Waals surface area contributed by atoms with Crippen molar-refractivity contribution in [2.75, 3.05) is 0 Å². The molecule has 0 N–H and O–H groups in total. The van der Waals surface area contributed by atoms with Gasteiger partial charge in [-0.2, -0.15) is 11.3 Å². The van der Waals surface area contributed by atoms with E-state index in [4.69, 9.17) is 4.42 Å². The largest absolute Gasteiger partial charge is 0.411 e. The molecule has 0 fully saturated rings. The molecule has 0 aliphatic rings. The van der Waals surface area contributed by atoms with Crippen LogP contribution in [0.3, 0.4) is 0 Å². The number of nitro groups is 1. The Kier molecular flexibility index (Phi) is 4.78. The number of hydrogen-bond donors (Lipinski definition) is 0. The average Bonchev–Trinajstić information content (AvgIpc) is 3.40. The maximum absolute atomic E-state index is 10.9. The minimum Gasteiger partial charge on any atom is -0.411 e. The van der Waals surface area contributed by atoms with Crippen LogP contribution < -0.4 is 0 Å². The van der Waals surface area contributed by atoms with Gasteiger partial charge in [-0.25, -0.2) is 4.98 Å². The topological polar surface area (TPSA) is 95.0 Å². The van der Waals surface area contributed by atoms with E-state index in [1.807, 2.05) is 16.8 Å². The highest BCUT2D eigenvalue weighted by Crippen LogP contribution is 2.30. The molecular formula is C16H10N4O3S3. The number of hydrogen-bond acceptors (Lipinski definition) is 9. The Labute approximate surface area is 159 Å². The highest BCUT2D eigenvalue weighted by atomic mass is 32.2. The summed E-state index contributed by atoms with van der Waals surface area (Å²) >= 11 is 4.63. The van der Waals surface area contributed by atoms with Crippen molar-refractivity contribution in [3.63, 3.8) is 0 Å². The fourth-order valence-electron chi connectivity index (χ4n) is 2.16. The lowest BCUT2D eigenvalue weighted by Crippen LogP contribution is -1.88. The number of thioether (sulfide) groups is 1. The van der Waals surface area contributed by atoms with Crippen LogP contribution in [0.1, 0.15) is 5.69 Å². The maximum Gasteiger partial charge on any atom is 0.277 e. The Morgan fingerprint density at radius 1 is 1.19 bits per heavy atom. The van der Waals surface area contributed by atoms with Crippen LogP contribution in [0.2, 0.25) is 0 Å². The van der Waals surface area contributed by atoms with Gasteiger partial charge in [0, 0.05) is 39.8 Å². The summed E-state index contributed by atoms with van der Waals surface area (Å²) in [7, 11) is 0. The molecule has 130 valence electrons. The number of rotatable bonds is 6. The summed E-state index contributed by atoms with van der Waals surface area (Å²) in [6, 6.07) is 8.16. The van der Waals surface area contributed by atoms with Gasteiger partial charge in [0.1, 0.15) is 5.01 Å². The van der Waals surface area contributed by atoms with Gasteiger partial charge in [-0.3, -0.25) is 10.1 Å². The molecule has 10 heteroatoms. The van der Waals surface area contributed by atoms with Gasteiger partial charge in [0.05, 0.1) is 10.6 Å². The van der Waals surface area contributed by atoms with E-state index in [1.165, 1.54) is 23.9 Å². The first-order valence-electron chi connectivity index (χ1n) is 7.37. The standard InChI is InChI=1S/C16H10N4O3S3/c21-20(22)13-3-1-2-10(6-13)14-18-19-16(23-14)26-9-12-8-25-15(17-12)11-4-5-24-7-11/h1-8H,9H2. The molecule has 4 rings (SSSR count). The number of benzene rings is 1. The van der Waals surface area contributed by atoms with E-state index in [2.05, 4.69) is 20.6 Å². The van der Waals surface area contributed by atoms with Crippen LogP contribution in [0, 0.1) is 10.1 Å². The van der Waals surface area contributed by atoms with E-state index in [9.17, 15) is 10.1 Å². The Bertz CT molecular complexity index is 1040. The van der Waals surface area contributed by atoms with Crippen LogP contribution in [0.25, 0.3) is 22.0 Å². The molecule has 0 radical (unpaired) electrons. The highest BCUT2D eigenvalue weighted by molar-refractivity contribution is 7.98. The first-order chi connectivity index (χ1) is 12.7.